The fourth-order valence-corrected chi connectivity index (χ4v) is 2.97. The van der Waals surface area contributed by atoms with Gasteiger partial charge < -0.3 is 14.2 Å². The molecule has 0 saturated carbocycles. The Labute approximate surface area is 157 Å². The summed E-state index contributed by atoms with van der Waals surface area (Å²) in [5, 5.41) is 0. The molecule has 0 bridgehead atoms. The molecule has 4 rings (SSSR count). The van der Waals surface area contributed by atoms with E-state index in [-0.39, 0.29) is 12.6 Å². The van der Waals surface area contributed by atoms with E-state index in [1.807, 2.05) is 49.4 Å². The Morgan fingerprint density at radius 2 is 1.78 bits per heavy atom. The number of hydrogen-bond donors (Lipinski definition) is 0. The molecule has 0 radical (unpaired) electrons. The van der Waals surface area contributed by atoms with E-state index in [4.69, 9.17) is 14.2 Å². The Morgan fingerprint density at radius 3 is 2.59 bits per heavy atom. The van der Waals surface area contributed by atoms with Crippen LogP contribution in [-0.4, -0.2) is 29.2 Å². The standard InChI is InChI=1S/C21H20N2O4/c1-14-18(23-17-5-3-2-4-16(17)22-14)13-27-21(24)9-7-15-6-8-19-20(12-15)26-11-10-25-19/h2-6,8,12H,7,9-11,13H2,1H3. The van der Waals surface area contributed by atoms with E-state index in [1.54, 1.807) is 0 Å². The van der Waals surface area contributed by atoms with Crippen molar-refractivity contribution in [3.63, 3.8) is 0 Å². The highest BCUT2D eigenvalue weighted by Crippen LogP contribution is 2.31. The minimum atomic E-state index is -0.265. The molecule has 0 spiro atoms. The second kappa shape index (κ2) is 7.61. The van der Waals surface area contributed by atoms with Crippen LogP contribution in [0.3, 0.4) is 0 Å². The number of fused-ring (bicyclic) bond motifs is 2. The van der Waals surface area contributed by atoms with Crippen molar-refractivity contribution in [1.82, 2.24) is 9.97 Å². The highest BCUT2D eigenvalue weighted by Gasteiger charge is 2.13. The van der Waals surface area contributed by atoms with Crippen LogP contribution in [0.5, 0.6) is 11.5 Å². The number of aryl methyl sites for hydroxylation is 2. The zero-order valence-electron chi connectivity index (χ0n) is 15.1. The lowest BCUT2D eigenvalue weighted by atomic mass is 10.1. The third-order valence-electron chi connectivity index (χ3n) is 4.44. The van der Waals surface area contributed by atoms with Crippen molar-refractivity contribution < 1.29 is 19.0 Å². The van der Waals surface area contributed by atoms with Gasteiger partial charge in [0.25, 0.3) is 0 Å². The molecule has 0 N–H and O–H groups in total. The minimum Gasteiger partial charge on any atom is -0.486 e. The van der Waals surface area contributed by atoms with Gasteiger partial charge in [0.05, 0.1) is 22.4 Å². The quantitative estimate of drug-likeness (QED) is 0.647. The van der Waals surface area contributed by atoms with E-state index in [0.717, 1.165) is 33.8 Å². The lowest BCUT2D eigenvalue weighted by molar-refractivity contribution is -0.145. The van der Waals surface area contributed by atoms with Crippen LogP contribution in [0.4, 0.5) is 0 Å². The summed E-state index contributed by atoms with van der Waals surface area (Å²) in [5.74, 6) is 1.21. The Kier molecular flexibility index (Phi) is 4.87. The first-order chi connectivity index (χ1) is 13.2. The number of rotatable bonds is 5. The van der Waals surface area contributed by atoms with Crippen molar-refractivity contribution in [2.75, 3.05) is 13.2 Å². The van der Waals surface area contributed by atoms with Crippen LogP contribution in [-0.2, 0) is 22.6 Å². The van der Waals surface area contributed by atoms with Gasteiger partial charge in [-0.1, -0.05) is 18.2 Å². The van der Waals surface area contributed by atoms with Gasteiger partial charge >= 0.3 is 5.97 Å². The minimum absolute atomic E-state index is 0.129. The molecular formula is C21H20N2O4. The summed E-state index contributed by atoms with van der Waals surface area (Å²) in [6.07, 6.45) is 0.873. The fourth-order valence-electron chi connectivity index (χ4n) is 2.97. The molecule has 0 amide bonds. The van der Waals surface area contributed by atoms with Gasteiger partial charge in [0.2, 0.25) is 0 Å². The van der Waals surface area contributed by atoms with Crippen LogP contribution in [0.2, 0.25) is 0 Å². The lowest BCUT2D eigenvalue weighted by Gasteiger charge is -2.18. The number of hydrogen-bond acceptors (Lipinski definition) is 6. The van der Waals surface area contributed by atoms with E-state index in [0.29, 0.717) is 31.7 Å². The molecule has 27 heavy (non-hydrogen) atoms. The summed E-state index contributed by atoms with van der Waals surface area (Å²) in [7, 11) is 0. The third-order valence-corrected chi connectivity index (χ3v) is 4.44. The molecule has 2 heterocycles. The molecule has 1 aliphatic rings. The highest BCUT2D eigenvalue weighted by atomic mass is 16.6. The summed E-state index contributed by atoms with van der Waals surface area (Å²) >= 11 is 0. The number of esters is 1. The number of benzene rings is 2. The van der Waals surface area contributed by atoms with Crippen molar-refractivity contribution in [3.8, 4) is 11.5 Å². The largest absolute Gasteiger partial charge is 0.486 e. The summed E-state index contributed by atoms with van der Waals surface area (Å²) in [6, 6.07) is 13.4. The number of para-hydroxylation sites is 2. The molecule has 6 heteroatoms. The van der Waals surface area contributed by atoms with Crippen LogP contribution >= 0.6 is 0 Å². The second-order valence-corrected chi connectivity index (χ2v) is 6.38. The fraction of sp³-hybridized carbons (Fsp3) is 0.286. The van der Waals surface area contributed by atoms with Crippen LogP contribution in [0.1, 0.15) is 23.4 Å². The van der Waals surface area contributed by atoms with E-state index in [1.165, 1.54) is 0 Å². The van der Waals surface area contributed by atoms with Gasteiger partial charge in [0.1, 0.15) is 19.8 Å². The van der Waals surface area contributed by atoms with E-state index < -0.39 is 0 Å². The van der Waals surface area contributed by atoms with E-state index in [2.05, 4.69) is 9.97 Å². The number of nitrogens with zero attached hydrogens (tertiary/aromatic N) is 2. The maximum atomic E-state index is 12.1. The van der Waals surface area contributed by atoms with Crippen molar-refractivity contribution in [2.24, 2.45) is 0 Å². The molecule has 0 aliphatic carbocycles. The molecule has 138 valence electrons. The van der Waals surface area contributed by atoms with Crippen molar-refractivity contribution in [3.05, 3.63) is 59.4 Å². The lowest BCUT2D eigenvalue weighted by Crippen LogP contribution is -2.15. The number of carbonyl (C=O) groups is 1. The average molecular weight is 364 g/mol. The van der Waals surface area contributed by atoms with Gasteiger partial charge in [-0.05, 0) is 43.2 Å². The first kappa shape index (κ1) is 17.3. The monoisotopic (exact) mass is 364 g/mol. The first-order valence-corrected chi connectivity index (χ1v) is 8.95. The molecule has 0 saturated heterocycles. The molecule has 2 aromatic carbocycles. The van der Waals surface area contributed by atoms with Gasteiger partial charge in [-0.15, -0.1) is 0 Å². The average Bonchev–Trinajstić information content (AvgIpc) is 2.70. The molecule has 0 fully saturated rings. The van der Waals surface area contributed by atoms with E-state index >= 15 is 0 Å². The maximum Gasteiger partial charge on any atom is 0.306 e. The molecule has 3 aromatic rings. The zero-order chi connectivity index (χ0) is 18.6. The third kappa shape index (κ3) is 4.00. The first-order valence-electron chi connectivity index (χ1n) is 8.95. The van der Waals surface area contributed by atoms with Crippen LogP contribution < -0.4 is 9.47 Å². The van der Waals surface area contributed by atoms with Crippen LogP contribution in [0.25, 0.3) is 11.0 Å². The summed E-state index contributed by atoms with van der Waals surface area (Å²) < 4.78 is 16.5. The topological polar surface area (TPSA) is 70.5 Å². The smallest absolute Gasteiger partial charge is 0.306 e. The Balaban J connectivity index is 1.34. The Morgan fingerprint density at radius 1 is 1.04 bits per heavy atom. The number of ether oxygens (including phenoxy) is 3. The van der Waals surface area contributed by atoms with Crippen molar-refractivity contribution in [1.29, 1.82) is 0 Å². The Hall–Kier alpha value is -3.15. The summed E-state index contributed by atoms with van der Waals surface area (Å²) in [6.45, 7) is 3.11. The summed E-state index contributed by atoms with van der Waals surface area (Å²) in [4.78, 5) is 21.2. The summed E-state index contributed by atoms with van der Waals surface area (Å²) in [5.41, 5.74) is 4.10. The molecular weight excluding hydrogens is 344 g/mol. The zero-order valence-corrected chi connectivity index (χ0v) is 15.1. The predicted octanol–water partition coefficient (Wildman–Crippen LogP) is 3.39. The van der Waals surface area contributed by atoms with E-state index in [9.17, 15) is 4.79 Å². The van der Waals surface area contributed by atoms with Crippen LogP contribution in [0, 0.1) is 6.92 Å². The predicted molar refractivity (Wildman–Crippen MR) is 99.8 cm³/mol. The maximum absolute atomic E-state index is 12.1. The van der Waals surface area contributed by atoms with Crippen LogP contribution in [0.15, 0.2) is 42.5 Å². The van der Waals surface area contributed by atoms with Crippen molar-refractivity contribution >= 4 is 17.0 Å². The molecule has 6 nitrogen and oxygen atoms in total. The van der Waals surface area contributed by atoms with Gasteiger partial charge in [-0.25, -0.2) is 9.97 Å². The number of carbonyl (C=O) groups excluding carboxylic acids is 1. The highest BCUT2D eigenvalue weighted by molar-refractivity contribution is 5.74. The molecule has 0 atom stereocenters. The molecule has 0 unspecified atom stereocenters. The van der Waals surface area contributed by atoms with Gasteiger partial charge in [-0.3, -0.25) is 4.79 Å². The Bertz CT molecular complexity index is 987. The van der Waals surface area contributed by atoms with Gasteiger partial charge in [0.15, 0.2) is 11.5 Å². The van der Waals surface area contributed by atoms with Gasteiger partial charge in [0, 0.05) is 6.42 Å². The molecule has 1 aliphatic heterocycles. The van der Waals surface area contributed by atoms with Crippen molar-refractivity contribution in [2.45, 2.75) is 26.4 Å². The van der Waals surface area contributed by atoms with Gasteiger partial charge in [-0.2, -0.15) is 0 Å². The molecule has 1 aromatic heterocycles. The SMILES string of the molecule is Cc1nc2ccccc2nc1COC(=O)CCc1ccc2c(c1)OCCO2. The second-order valence-electron chi connectivity index (χ2n) is 6.38. The number of aromatic nitrogens is 2. The normalized spacial score (nSPS) is 12.8.